The lowest BCUT2D eigenvalue weighted by molar-refractivity contribution is -0.130. The Hall–Kier alpha value is -1.01. The Balaban J connectivity index is 3.90. The zero-order valence-corrected chi connectivity index (χ0v) is 7.01. The fraction of sp³-hybridized carbons (Fsp3) is 0.625. The van der Waals surface area contributed by atoms with Crippen molar-refractivity contribution in [1.29, 1.82) is 0 Å². The average molecular weight is 155 g/mol. The first-order valence-electron chi connectivity index (χ1n) is 3.49. The van der Waals surface area contributed by atoms with Gasteiger partial charge in [0.2, 0.25) is 0 Å². The van der Waals surface area contributed by atoms with Crippen LogP contribution in [0.25, 0.3) is 0 Å². The number of amides is 1. The minimum atomic E-state index is -0.962. The fourth-order valence-corrected chi connectivity index (χ4v) is 0.501. The molecule has 0 aliphatic rings. The van der Waals surface area contributed by atoms with Crippen LogP contribution < -0.4 is 5.32 Å². The van der Waals surface area contributed by atoms with Crippen molar-refractivity contribution in [1.82, 2.24) is 5.32 Å². The molecule has 0 fully saturated rings. The van der Waals surface area contributed by atoms with Crippen LogP contribution in [0.1, 0.15) is 20.8 Å². The molecule has 0 aromatic heterocycles. The van der Waals surface area contributed by atoms with Gasteiger partial charge in [0, 0.05) is 6.04 Å². The molecule has 0 bridgehead atoms. The number of aliphatic hydroxyl groups is 1. The van der Waals surface area contributed by atoms with E-state index in [1.54, 1.807) is 20.8 Å². The first kappa shape index (κ1) is 9.99. The summed E-state index contributed by atoms with van der Waals surface area (Å²) in [5.41, 5.74) is 0. The van der Waals surface area contributed by atoms with E-state index in [0.29, 0.717) is 0 Å². The summed E-state index contributed by atoms with van der Waals surface area (Å²) < 4.78 is 0. The van der Waals surface area contributed by atoms with E-state index in [4.69, 9.17) is 5.11 Å². The van der Waals surface area contributed by atoms with Gasteiger partial charge in [0.1, 0.15) is 6.10 Å². The van der Waals surface area contributed by atoms with E-state index in [1.165, 1.54) is 0 Å². The van der Waals surface area contributed by atoms with Crippen molar-refractivity contribution < 1.29 is 9.90 Å². The standard InChI is InChI=1S/C8H13NO2/c1-4-5-9-8(11)7(10)6(2)3/h6-7,10H,1-3H3,(H,9,11)/t7-/m0/s1. The highest BCUT2D eigenvalue weighted by Gasteiger charge is 2.17. The second kappa shape index (κ2) is 4.75. The van der Waals surface area contributed by atoms with E-state index in [0.717, 1.165) is 0 Å². The lowest BCUT2D eigenvalue weighted by atomic mass is 10.1. The van der Waals surface area contributed by atoms with Crippen LogP contribution in [-0.2, 0) is 4.79 Å². The Labute approximate surface area is 66.8 Å². The Morgan fingerprint density at radius 2 is 2.09 bits per heavy atom. The van der Waals surface area contributed by atoms with Crippen molar-refractivity contribution in [3.8, 4) is 12.0 Å². The van der Waals surface area contributed by atoms with E-state index >= 15 is 0 Å². The van der Waals surface area contributed by atoms with Gasteiger partial charge in [-0.25, -0.2) is 0 Å². The molecule has 3 heteroatoms. The summed E-state index contributed by atoms with van der Waals surface area (Å²) >= 11 is 0. The van der Waals surface area contributed by atoms with Crippen LogP contribution in [0.4, 0.5) is 0 Å². The number of hydrogen-bond donors (Lipinski definition) is 2. The van der Waals surface area contributed by atoms with Crippen molar-refractivity contribution in [3.63, 3.8) is 0 Å². The van der Waals surface area contributed by atoms with E-state index < -0.39 is 12.0 Å². The van der Waals surface area contributed by atoms with Gasteiger partial charge in [-0.15, -0.1) is 0 Å². The Morgan fingerprint density at radius 3 is 2.45 bits per heavy atom. The van der Waals surface area contributed by atoms with Crippen LogP contribution in [0, 0.1) is 17.9 Å². The molecule has 0 heterocycles. The van der Waals surface area contributed by atoms with Crippen LogP contribution in [0.5, 0.6) is 0 Å². The summed E-state index contributed by atoms with van der Waals surface area (Å²) in [6.45, 7) is 5.15. The number of hydrogen-bond acceptors (Lipinski definition) is 2. The van der Waals surface area contributed by atoms with Crippen LogP contribution in [0.15, 0.2) is 0 Å². The quantitative estimate of drug-likeness (QED) is 0.439. The van der Waals surface area contributed by atoms with E-state index in [1.807, 2.05) is 0 Å². The topological polar surface area (TPSA) is 49.3 Å². The molecule has 0 aliphatic carbocycles. The molecular formula is C8H13NO2. The van der Waals surface area contributed by atoms with Gasteiger partial charge in [0.15, 0.2) is 0 Å². The lowest BCUT2D eigenvalue weighted by Crippen LogP contribution is -2.35. The molecule has 11 heavy (non-hydrogen) atoms. The van der Waals surface area contributed by atoms with Crippen LogP contribution in [-0.4, -0.2) is 17.1 Å². The molecule has 2 N–H and O–H groups in total. The molecule has 0 aliphatic heterocycles. The van der Waals surface area contributed by atoms with Gasteiger partial charge in [-0.1, -0.05) is 19.8 Å². The summed E-state index contributed by atoms with van der Waals surface area (Å²) in [7, 11) is 0. The summed E-state index contributed by atoms with van der Waals surface area (Å²) in [4.78, 5) is 10.9. The van der Waals surface area contributed by atoms with Gasteiger partial charge in [0.25, 0.3) is 5.91 Å². The molecule has 0 saturated heterocycles. The van der Waals surface area contributed by atoms with Gasteiger partial charge in [-0.05, 0) is 12.8 Å². The predicted octanol–water partition coefficient (Wildman–Crippen LogP) is 0.100. The molecule has 3 nitrogen and oxygen atoms in total. The normalized spacial score (nSPS) is 11.7. The Morgan fingerprint density at radius 1 is 1.55 bits per heavy atom. The van der Waals surface area contributed by atoms with E-state index in [2.05, 4.69) is 17.3 Å². The van der Waals surface area contributed by atoms with Crippen molar-refractivity contribution in [2.75, 3.05) is 0 Å². The van der Waals surface area contributed by atoms with Gasteiger partial charge in [-0.2, -0.15) is 0 Å². The SMILES string of the molecule is CC#CNC(=O)[C@@H](O)C(C)C. The number of aliphatic hydroxyl groups excluding tert-OH is 1. The number of carbonyl (C=O) groups is 1. The van der Waals surface area contributed by atoms with E-state index in [-0.39, 0.29) is 5.92 Å². The largest absolute Gasteiger partial charge is 0.383 e. The van der Waals surface area contributed by atoms with Crippen LogP contribution >= 0.6 is 0 Å². The van der Waals surface area contributed by atoms with Crippen molar-refractivity contribution >= 4 is 5.91 Å². The molecule has 0 unspecified atom stereocenters. The fourth-order valence-electron chi connectivity index (χ4n) is 0.501. The van der Waals surface area contributed by atoms with Crippen molar-refractivity contribution in [2.45, 2.75) is 26.9 Å². The van der Waals surface area contributed by atoms with E-state index in [9.17, 15) is 4.79 Å². The van der Waals surface area contributed by atoms with Gasteiger partial charge in [0.05, 0.1) is 0 Å². The van der Waals surface area contributed by atoms with Crippen LogP contribution in [0.2, 0.25) is 0 Å². The van der Waals surface area contributed by atoms with Gasteiger partial charge in [-0.3, -0.25) is 10.1 Å². The number of carbonyl (C=O) groups excluding carboxylic acids is 1. The first-order chi connectivity index (χ1) is 5.09. The molecule has 0 aromatic rings. The molecule has 0 radical (unpaired) electrons. The molecular weight excluding hydrogens is 142 g/mol. The zero-order chi connectivity index (χ0) is 8.85. The monoisotopic (exact) mass is 155 g/mol. The molecule has 1 amide bonds. The highest BCUT2D eigenvalue weighted by Crippen LogP contribution is 1.99. The minimum Gasteiger partial charge on any atom is -0.383 e. The summed E-state index contributed by atoms with van der Waals surface area (Å²) in [5, 5.41) is 11.4. The Bertz CT molecular complexity index is 188. The maximum absolute atomic E-state index is 10.9. The summed E-state index contributed by atoms with van der Waals surface area (Å²) in [6.07, 6.45) is -0.962. The molecule has 0 aromatic carbocycles. The zero-order valence-electron chi connectivity index (χ0n) is 7.01. The summed E-state index contributed by atoms with van der Waals surface area (Å²) in [6, 6.07) is 2.37. The molecule has 0 rings (SSSR count). The summed E-state index contributed by atoms with van der Waals surface area (Å²) in [5.74, 6) is 1.99. The number of nitrogens with one attached hydrogen (secondary N) is 1. The third-order valence-electron chi connectivity index (χ3n) is 1.21. The molecule has 1 atom stereocenters. The van der Waals surface area contributed by atoms with Crippen molar-refractivity contribution in [2.24, 2.45) is 5.92 Å². The Kier molecular flexibility index (Phi) is 4.32. The molecule has 62 valence electrons. The first-order valence-corrected chi connectivity index (χ1v) is 3.49. The number of rotatable bonds is 2. The maximum atomic E-state index is 10.9. The predicted molar refractivity (Wildman–Crippen MR) is 42.4 cm³/mol. The molecule has 0 saturated carbocycles. The second-order valence-electron chi connectivity index (χ2n) is 2.55. The van der Waals surface area contributed by atoms with Gasteiger partial charge < -0.3 is 5.11 Å². The van der Waals surface area contributed by atoms with Gasteiger partial charge >= 0.3 is 0 Å². The van der Waals surface area contributed by atoms with Crippen molar-refractivity contribution in [3.05, 3.63) is 0 Å². The second-order valence-corrected chi connectivity index (χ2v) is 2.55. The average Bonchev–Trinajstić information content (AvgIpc) is 1.98. The highest BCUT2D eigenvalue weighted by atomic mass is 16.3. The third-order valence-corrected chi connectivity index (χ3v) is 1.21. The highest BCUT2D eigenvalue weighted by molar-refractivity contribution is 5.82. The maximum Gasteiger partial charge on any atom is 0.260 e. The third kappa shape index (κ3) is 3.64. The lowest BCUT2D eigenvalue weighted by Gasteiger charge is -2.10. The van der Waals surface area contributed by atoms with Crippen LogP contribution in [0.3, 0.4) is 0 Å². The minimum absolute atomic E-state index is 0.0753. The smallest absolute Gasteiger partial charge is 0.260 e. The molecule has 0 spiro atoms.